The summed E-state index contributed by atoms with van der Waals surface area (Å²) in [5, 5.41) is 20.7. The van der Waals surface area contributed by atoms with Crippen molar-refractivity contribution in [3.05, 3.63) is 51.5 Å². The smallest absolute Gasteiger partial charge is 0.341 e. The van der Waals surface area contributed by atoms with E-state index >= 15 is 0 Å². The Morgan fingerprint density at radius 2 is 2.31 bits per heavy atom. The first-order valence-corrected chi connectivity index (χ1v) is 10.2. The molecule has 0 saturated heterocycles. The van der Waals surface area contributed by atoms with Gasteiger partial charge in [0.05, 0.1) is 6.04 Å². The van der Waals surface area contributed by atoms with Gasteiger partial charge in [-0.2, -0.15) is 5.26 Å². The number of carbonyl (C=O) groups is 2. The van der Waals surface area contributed by atoms with E-state index in [1.165, 1.54) is 17.4 Å². The van der Waals surface area contributed by atoms with Gasteiger partial charge in [0.2, 0.25) is 0 Å². The monoisotopic (exact) mass is 411 g/mol. The Morgan fingerprint density at radius 1 is 1.48 bits per heavy atom. The Kier molecular flexibility index (Phi) is 6.62. The molecule has 0 fully saturated rings. The van der Waals surface area contributed by atoms with Crippen LogP contribution in [0.4, 0.5) is 0 Å². The molecule has 1 aliphatic rings. The van der Waals surface area contributed by atoms with Gasteiger partial charge in [-0.25, -0.2) is 9.78 Å². The van der Waals surface area contributed by atoms with Crippen molar-refractivity contribution in [2.45, 2.75) is 32.2 Å². The average molecular weight is 411 g/mol. The van der Waals surface area contributed by atoms with Crippen LogP contribution in [-0.4, -0.2) is 40.0 Å². The lowest BCUT2D eigenvalue weighted by molar-refractivity contribution is -0.139. The zero-order chi connectivity index (χ0) is 20.8. The number of aliphatic carboxylic acids is 1. The number of carboxylic acid groups (broad SMARTS) is 1. The second-order valence-electron chi connectivity index (χ2n) is 6.64. The zero-order valence-electron chi connectivity index (χ0n) is 16.0. The van der Waals surface area contributed by atoms with Crippen molar-refractivity contribution in [1.29, 1.82) is 5.26 Å². The number of amides is 1. The topological polar surface area (TPSA) is 104 Å². The maximum absolute atomic E-state index is 13.1. The second kappa shape index (κ2) is 9.34. The molecule has 150 valence electrons. The minimum atomic E-state index is -1.03. The highest BCUT2D eigenvalue weighted by atomic mass is 32.1. The van der Waals surface area contributed by atoms with Gasteiger partial charge in [0.1, 0.15) is 22.4 Å². The first kappa shape index (κ1) is 20.6. The van der Waals surface area contributed by atoms with Gasteiger partial charge in [-0.05, 0) is 42.2 Å². The number of hydrogen-bond acceptors (Lipinski definition) is 6. The molecule has 1 atom stereocenters. The molecule has 0 saturated carbocycles. The minimum absolute atomic E-state index is 0.0749. The standard InChI is InChI=1S/C21H21N3O4S/c1-2-3-18-17-5-4-16(28-13-20(25)26)10-14(17)6-8-24(18)21(27)15(12-22)11-19-23-7-9-29-19/h4-5,7,9-11,18H,2-3,6,8,13H2,1H3,(H,25,26)/b15-11+. The molecule has 1 aromatic carbocycles. The van der Waals surface area contributed by atoms with Crippen molar-refractivity contribution in [3.63, 3.8) is 0 Å². The van der Waals surface area contributed by atoms with Gasteiger partial charge < -0.3 is 14.7 Å². The highest BCUT2D eigenvalue weighted by Gasteiger charge is 2.32. The third-order valence-electron chi connectivity index (χ3n) is 4.73. The van der Waals surface area contributed by atoms with E-state index in [0.29, 0.717) is 23.7 Å². The summed E-state index contributed by atoms with van der Waals surface area (Å²) >= 11 is 1.37. The van der Waals surface area contributed by atoms with Gasteiger partial charge in [-0.3, -0.25) is 4.79 Å². The van der Waals surface area contributed by atoms with Gasteiger partial charge >= 0.3 is 5.97 Å². The van der Waals surface area contributed by atoms with Crippen LogP contribution in [0.2, 0.25) is 0 Å². The fraction of sp³-hybridized carbons (Fsp3) is 0.333. The van der Waals surface area contributed by atoms with E-state index in [0.717, 1.165) is 24.0 Å². The molecular formula is C21H21N3O4S. The van der Waals surface area contributed by atoms with Gasteiger partial charge in [-0.1, -0.05) is 19.4 Å². The Morgan fingerprint density at radius 3 is 2.97 bits per heavy atom. The predicted molar refractivity (Wildman–Crippen MR) is 108 cm³/mol. The van der Waals surface area contributed by atoms with Crippen molar-refractivity contribution >= 4 is 29.3 Å². The van der Waals surface area contributed by atoms with Crippen LogP contribution in [0, 0.1) is 11.3 Å². The van der Waals surface area contributed by atoms with Crippen LogP contribution in [0.3, 0.4) is 0 Å². The van der Waals surface area contributed by atoms with Crippen molar-refractivity contribution < 1.29 is 19.4 Å². The van der Waals surface area contributed by atoms with Gasteiger partial charge in [0, 0.05) is 18.1 Å². The van der Waals surface area contributed by atoms with Crippen LogP contribution < -0.4 is 4.74 Å². The van der Waals surface area contributed by atoms with Gasteiger partial charge in [0.25, 0.3) is 5.91 Å². The number of benzene rings is 1. The van der Waals surface area contributed by atoms with Crippen LogP contribution in [0.25, 0.3) is 6.08 Å². The molecular weight excluding hydrogens is 390 g/mol. The van der Waals surface area contributed by atoms with Crippen LogP contribution in [0.5, 0.6) is 5.75 Å². The summed E-state index contributed by atoms with van der Waals surface area (Å²) in [6, 6.07) is 7.35. The molecule has 1 unspecified atom stereocenters. The Bertz CT molecular complexity index is 963. The number of fused-ring (bicyclic) bond motifs is 1. The molecule has 7 nitrogen and oxygen atoms in total. The van der Waals surface area contributed by atoms with Crippen molar-refractivity contribution in [3.8, 4) is 11.8 Å². The van der Waals surface area contributed by atoms with Crippen LogP contribution in [0.1, 0.15) is 41.9 Å². The zero-order valence-corrected chi connectivity index (χ0v) is 16.8. The van der Waals surface area contributed by atoms with Crippen molar-refractivity contribution in [2.24, 2.45) is 0 Å². The number of thiazole rings is 1. The summed E-state index contributed by atoms with van der Waals surface area (Å²) in [7, 11) is 0. The van der Waals surface area contributed by atoms with Crippen LogP contribution >= 0.6 is 11.3 Å². The number of rotatable bonds is 7. The molecule has 29 heavy (non-hydrogen) atoms. The summed E-state index contributed by atoms with van der Waals surface area (Å²) in [4.78, 5) is 29.7. The SMILES string of the molecule is CCCC1c2ccc(OCC(=O)O)cc2CCN1C(=O)/C(C#N)=C/c1nccs1. The predicted octanol–water partition coefficient (Wildman–Crippen LogP) is 3.44. The molecule has 8 heteroatoms. The van der Waals surface area contributed by atoms with E-state index in [-0.39, 0.29) is 17.5 Å². The normalized spacial score (nSPS) is 16.1. The van der Waals surface area contributed by atoms with Gasteiger partial charge in [0.15, 0.2) is 6.61 Å². The summed E-state index contributed by atoms with van der Waals surface area (Å²) in [6.07, 6.45) is 5.43. The van der Waals surface area contributed by atoms with E-state index in [1.807, 2.05) is 18.2 Å². The van der Waals surface area contributed by atoms with Crippen molar-refractivity contribution in [1.82, 2.24) is 9.88 Å². The number of nitrogens with zero attached hydrogens (tertiary/aromatic N) is 3. The van der Waals surface area contributed by atoms with E-state index in [1.54, 1.807) is 22.5 Å². The minimum Gasteiger partial charge on any atom is -0.482 e. The largest absolute Gasteiger partial charge is 0.482 e. The first-order valence-electron chi connectivity index (χ1n) is 9.33. The fourth-order valence-corrected chi connectivity index (χ4v) is 4.05. The van der Waals surface area contributed by atoms with Gasteiger partial charge in [-0.15, -0.1) is 11.3 Å². The molecule has 0 aliphatic carbocycles. The van der Waals surface area contributed by atoms with Crippen LogP contribution in [-0.2, 0) is 16.0 Å². The molecule has 0 radical (unpaired) electrons. The molecule has 3 rings (SSSR count). The van der Waals surface area contributed by atoms with E-state index in [4.69, 9.17) is 9.84 Å². The summed E-state index contributed by atoms with van der Waals surface area (Å²) in [6.45, 7) is 2.14. The molecule has 0 spiro atoms. The Hall–Kier alpha value is -3.18. The third-order valence-corrected chi connectivity index (χ3v) is 5.45. The van der Waals surface area contributed by atoms with E-state index in [9.17, 15) is 14.9 Å². The maximum atomic E-state index is 13.1. The summed E-state index contributed by atoms with van der Waals surface area (Å²) in [5.74, 6) is -0.819. The molecule has 1 aromatic heterocycles. The van der Waals surface area contributed by atoms with Crippen molar-refractivity contribution in [2.75, 3.05) is 13.2 Å². The summed E-state index contributed by atoms with van der Waals surface area (Å²) < 4.78 is 5.28. The molecule has 1 aliphatic heterocycles. The average Bonchev–Trinajstić information content (AvgIpc) is 3.23. The third kappa shape index (κ3) is 4.81. The molecule has 1 amide bonds. The molecule has 0 bridgehead atoms. The molecule has 1 N–H and O–H groups in total. The lowest BCUT2D eigenvalue weighted by atomic mass is 9.89. The number of aromatic nitrogens is 1. The summed E-state index contributed by atoms with van der Waals surface area (Å²) in [5.41, 5.74) is 2.13. The highest BCUT2D eigenvalue weighted by molar-refractivity contribution is 7.10. The van der Waals surface area contributed by atoms with Crippen LogP contribution in [0.15, 0.2) is 35.3 Å². The maximum Gasteiger partial charge on any atom is 0.341 e. The number of nitriles is 1. The number of hydrogen-bond donors (Lipinski definition) is 1. The first-order chi connectivity index (χ1) is 14.0. The lowest BCUT2D eigenvalue weighted by Crippen LogP contribution is -2.40. The molecule has 2 heterocycles. The Labute approximate surface area is 172 Å². The molecule has 2 aromatic rings. The second-order valence-corrected chi connectivity index (χ2v) is 7.56. The highest BCUT2D eigenvalue weighted by Crippen LogP contribution is 2.36. The van der Waals surface area contributed by atoms with E-state index in [2.05, 4.69) is 11.9 Å². The number of carboxylic acids is 1. The fourth-order valence-electron chi connectivity index (χ4n) is 3.48. The number of carbonyl (C=O) groups excluding carboxylic acids is 1. The quantitative estimate of drug-likeness (QED) is 0.553. The Balaban J connectivity index is 1.87. The lowest BCUT2D eigenvalue weighted by Gasteiger charge is -2.37. The van der Waals surface area contributed by atoms with E-state index < -0.39 is 12.6 Å². The number of ether oxygens (including phenoxy) is 1.